The SMILES string of the molecule is CCc1ccc(N2C(=O)c3ccccc3NC2c2ccc(Cl)cc2Cl)cc1. The molecule has 3 nitrogen and oxygen atoms in total. The zero-order chi connectivity index (χ0) is 19.0. The number of aryl methyl sites for hydroxylation is 1. The molecule has 1 amide bonds. The number of carbonyl (C=O) groups is 1. The summed E-state index contributed by atoms with van der Waals surface area (Å²) in [6.07, 6.45) is 0.520. The summed E-state index contributed by atoms with van der Waals surface area (Å²) in [5, 5.41) is 4.54. The van der Waals surface area contributed by atoms with Crippen molar-refractivity contribution in [1.82, 2.24) is 0 Å². The molecule has 0 aromatic heterocycles. The minimum Gasteiger partial charge on any atom is -0.360 e. The summed E-state index contributed by atoms with van der Waals surface area (Å²) in [4.78, 5) is 15.1. The number of fused-ring (bicyclic) bond motifs is 1. The molecular formula is C22H18Cl2N2O. The van der Waals surface area contributed by atoms with Crippen LogP contribution >= 0.6 is 23.2 Å². The minimum atomic E-state index is -0.426. The average molecular weight is 397 g/mol. The largest absolute Gasteiger partial charge is 0.360 e. The summed E-state index contributed by atoms with van der Waals surface area (Å²) < 4.78 is 0. The van der Waals surface area contributed by atoms with Crippen LogP contribution in [0, 0.1) is 0 Å². The Kier molecular flexibility index (Phi) is 4.81. The van der Waals surface area contributed by atoms with E-state index in [1.807, 2.05) is 54.6 Å². The number of para-hydroxylation sites is 1. The smallest absolute Gasteiger partial charge is 0.262 e. The second-order valence-electron chi connectivity index (χ2n) is 6.45. The molecule has 0 aliphatic carbocycles. The first-order valence-electron chi connectivity index (χ1n) is 8.81. The van der Waals surface area contributed by atoms with Gasteiger partial charge >= 0.3 is 0 Å². The number of hydrogen-bond acceptors (Lipinski definition) is 2. The molecule has 27 heavy (non-hydrogen) atoms. The number of halogens is 2. The summed E-state index contributed by atoms with van der Waals surface area (Å²) in [5.41, 5.74) is 4.26. The third kappa shape index (κ3) is 3.29. The molecule has 1 aliphatic rings. The van der Waals surface area contributed by atoms with Gasteiger partial charge in [-0.25, -0.2) is 0 Å². The number of nitrogens with one attached hydrogen (secondary N) is 1. The molecule has 4 rings (SSSR count). The van der Waals surface area contributed by atoms with E-state index < -0.39 is 6.17 Å². The van der Waals surface area contributed by atoms with Gasteiger partial charge in [-0.05, 0) is 48.4 Å². The first kappa shape index (κ1) is 17.9. The topological polar surface area (TPSA) is 32.3 Å². The number of carbonyl (C=O) groups excluding carboxylic acids is 1. The van der Waals surface area contributed by atoms with Crippen molar-refractivity contribution in [3.05, 3.63) is 93.5 Å². The van der Waals surface area contributed by atoms with E-state index in [-0.39, 0.29) is 5.91 Å². The van der Waals surface area contributed by atoms with E-state index in [1.165, 1.54) is 5.56 Å². The van der Waals surface area contributed by atoms with Crippen molar-refractivity contribution in [1.29, 1.82) is 0 Å². The van der Waals surface area contributed by atoms with Gasteiger partial charge in [0.25, 0.3) is 5.91 Å². The van der Waals surface area contributed by atoms with Gasteiger partial charge in [-0.15, -0.1) is 0 Å². The van der Waals surface area contributed by atoms with Crippen LogP contribution in [-0.4, -0.2) is 5.91 Å². The zero-order valence-electron chi connectivity index (χ0n) is 14.7. The first-order chi connectivity index (χ1) is 13.1. The lowest BCUT2D eigenvalue weighted by molar-refractivity contribution is 0.0975. The highest BCUT2D eigenvalue weighted by molar-refractivity contribution is 6.35. The number of rotatable bonds is 3. The third-order valence-electron chi connectivity index (χ3n) is 4.81. The summed E-state index contributed by atoms with van der Waals surface area (Å²) in [7, 11) is 0. The molecular weight excluding hydrogens is 379 g/mol. The van der Waals surface area contributed by atoms with Crippen molar-refractivity contribution in [2.45, 2.75) is 19.5 Å². The van der Waals surface area contributed by atoms with Crippen LogP contribution in [0.1, 0.15) is 34.6 Å². The van der Waals surface area contributed by atoms with Crippen LogP contribution < -0.4 is 10.2 Å². The lowest BCUT2D eigenvalue weighted by Crippen LogP contribution is -2.43. The number of hydrogen-bond donors (Lipinski definition) is 1. The van der Waals surface area contributed by atoms with Crippen LogP contribution in [0.4, 0.5) is 11.4 Å². The maximum atomic E-state index is 13.4. The van der Waals surface area contributed by atoms with E-state index in [4.69, 9.17) is 23.2 Å². The van der Waals surface area contributed by atoms with Gasteiger partial charge in [0.1, 0.15) is 6.17 Å². The van der Waals surface area contributed by atoms with Crippen molar-refractivity contribution in [3.8, 4) is 0 Å². The minimum absolute atomic E-state index is 0.0652. The molecule has 0 saturated carbocycles. The van der Waals surface area contributed by atoms with Crippen molar-refractivity contribution >= 4 is 40.5 Å². The molecule has 0 spiro atoms. The van der Waals surface area contributed by atoms with Crippen LogP contribution in [0.2, 0.25) is 10.0 Å². The van der Waals surface area contributed by atoms with E-state index >= 15 is 0 Å². The van der Waals surface area contributed by atoms with Gasteiger partial charge < -0.3 is 5.32 Å². The van der Waals surface area contributed by atoms with E-state index in [0.29, 0.717) is 15.6 Å². The van der Waals surface area contributed by atoms with E-state index in [9.17, 15) is 4.79 Å². The third-order valence-corrected chi connectivity index (χ3v) is 5.37. The predicted octanol–water partition coefficient (Wildman–Crippen LogP) is 6.33. The van der Waals surface area contributed by atoms with Gasteiger partial charge in [0.15, 0.2) is 0 Å². The molecule has 0 fully saturated rings. The highest BCUT2D eigenvalue weighted by Gasteiger charge is 2.34. The monoisotopic (exact) mass is 396 g/mol. The molecule has 3 aromatic rings. The van der Waals surface area contributed by atoms with Gasteiger partial charge in [-0.3, -0.25) is 9.69 Å². The number of nitrogens with zero attached hydrogens (tertiary/aromatic N) is 1. The second kappa shape index (κ2) is 7.26. The lowest BCUT2D eigenvalue weighted by Gasteiger charge is -2.38. The van der Waals surface area contributed by atoms with E-state index in [0.717, 1.165) is 23.4 Å². The maximum absolute atomic E-state index is 13.4. The summed E-state index contributed by atoms with van der Waals surface area (Å²) >= 11 is 12.5. The average Bonchev–Trinajstić information content (AvgIpc) is 2.68. The normalized spacial score (nSPS) is 16.0. The highest BCUT2D eigenvalue weighted by Crippen LogP contribution is 2.39. The molecule has 1 aliphatic heterocycles. The Labute approximate surface area is 168 Å². The fourth-order valence-electron chi connectivity index (χ4n) is 3.35. The van der Waals surface area contributed by atoms with Crippen LogP contribution in [0.5, 0.6) is 0 Å². The summed E-state index contributed by atoms with van der Waals surface area (Å²) in [6, 6.07) is 20.9. The van der Waals surface area contributed by atoms with Crippen LogP contribution in [0.25, 0.3) is 0 Å². The van der Waals surface area contributed by atoms with Crippen molar-refractivity contribution < 1.29 is 4.79 Å². The lowest BCUT2D eigenvalue weighted by atomic mass is 10.0. The van der Waals surface area contributed by atoms with Crippen LogP contribution in [0.3, 0.4) is 0 Å². The van der Waals surface area contributed by atoms with Crippen LogP contribution in [0.15, 0.2) is 66.7 Å². The van der Waals surface area contributed by atoms with Crippen molar-refractivity contribution in [3.63, 3.8) is 0 Å². The number of anilines is 2. The molecule has 0 saturated heterocycles. The summed E-state index contributed by atoms with van der Waals surface area (Å²) in [5.74, 6) is -0.0652. The molecule has 1 N–H and O–H groups in total. The zero-order valence-corrected chi connectivity index (χ0v) is 16.3. The highest BCUT2D eigenvalue weighted by atomic mass is 35.5. The standard InChI is InChI=1S/C22H18Cl2N2O/c1-2-14-7-10-16(11-8-14)26-21(17-12-9-15(23)13-19(17)24)25-20-6-4-3-5-18(20)22(26)27/h3-13,21,25H,2H2,1H3. The summed E-state index contributed by atoms with van der Waals surface area (Å²) in [6.45, 7) is 2.11. The molecule has 3 aromatic carbocycles. The van der Waals surface area contributed by atoms with Crippen molar-refractivity contribution in [2.24, 2.45) is 0 Å². The second-order valence-corrected chi connectivity index (χ2v) is 7.30. The van der Waals surface area contributed by atoms with Gasteiger partial charge in [0, 0.05) is 27.0 Å². The van der Waals surface area contributed by atoms with E-state index in [2.05, 4.69) is 12.2 Å². The van der Waals surface area contributed by atoms with Crippen LogP contribution in [-0.2, 0) is 6.42 Å². The molecule has 1 heterocycles. The fourth-order valence-corrected chi connectivity index (χ4v) is 3.86. The number of benzene rings is 3. The molecule has 1 atom stereocenters. The van der Waals surface area contributed by atoms with Gasteiger partial charge in [0.05, 0.1) is 5.56 Å². The number of amides is 1. The molecule has 136 valence electrons. The Morgan fingerprint density at radius 3 is 2.44 bits per heavy atom. The van der Waals surface area contributed by atoms with Crippen molar-refractivity contribution in [2.75, 3.05) is 10.2 Å². The van der Waals surface area contributed by atoms with Gasteiger partial charge in [-0.1, -0.05) is 60.5 Å². The quantitative estimate of drug-likeness (QED) is 0.560. The Morgan fingerprint density at radius 1 is 1.00 bits per heavy atom. The van der Waals surface area contributed by atoms with Gasteiger partial charge in [0.2, 0.25) is 0 Å². The Balaban J connectivity index is 1.86. The Bertz CT molecular complexity index is 1000. The van der Waals surface area contributed by atoms with Gasteiger partial charge in [-0.2, -0.15) is 0 Å². The van der Waals surface area contributed by atoms with E-state index in [1.54, 1.807) is 17.0 Å². The molecule has 5 heteroatoms. The maximum Gasteiger partial charge on any atom is 0.262 e. The first-order valence-corrected chi connectivity index (χ1v) is 9.57. The molecule has 0 radical (unpaired) electrons. The predicted molar refractivity (Wildman–Crippen MR) is 112 cm³/mol. The Hall–Kier alpha value is -2.49. The fraction of sp³-hybridized carbons (Fsp3) is 0.136. The Morgan fingerprint density at radius 2 is 1.74 bits per heavy atom. The molecule has 0 bridgehead atoms. The molecule has 1 unspecified atom stereocenters.